The van der Waals surface area contributed by atoms with E-state index in [0.717, 1.165) is 18.6 Å². The van der Waals surface area contributed by atoms with Crippen molar-refractivity contribution < 1.29 is 13.9 Å². The summed E-state index contributed by atoms with van der Waals surface area (Å²) in [7, 11) is 0. The van der Waals surface area contributed by atoms with Crippen LogP contribution in [0.4, 0.5) is 4.39 Å². The van der Waals surface area contributed by atoms with E-state index in [0.29, 0.717) is 23.7 Å². The highest BCUT2D eigenvalue weighted by molar-refractivity contribution is 6.30. The Morgan fingerprint density at radius 1 is 1.12 bits per heavy atom. The fraction of sp³-hybridized carbons (Fsp3) is 0.211. The number of hydrogen-bond acceptors (Lipinski definition) is 2. The maximum Gasteiger partial charge on any atom is 0.244 e. The van der Waals surface area contributed by atoms with Gasteiger partial charge in [-0.2, -0.15) is 0 Å². The number of carbonyl (C=O) groups excluding carboxylic acids is 1. The molecule has 0 heterocycles. The normalized spacial score (nSPS) is 10.8. The van der Waals surface area contributed by atoms with Gasteiger partial charge >= 0.3 is 0 Å². The van der Waals surface area contributed by atoms with Crippen LogP contribution in [0.3, 0.4) is 0 Å². The van der Waals surface area contributed by atoms with Gasteiger partial charge in [-0.15, -0.1) is 0 Å². The first kappa shape index (κ1) is 18.0. The van der Waals surface area contributed by atoms with Crippen molar-refractivity contribution in [3.05, 3.63) is 71.0 Å². The molecule has 0 aliphatic rings. The van der Waals surface area contributed by atoms with Gasteiger partial charge in [-0.1, -0.05) is 29.8 Å². The van der Waals surface area contributed by atoms with Crippen LogP contribution in [0.5, 0.6) is 5.75 Å². The fourth-order valence-corrected chi connectivity index (χ4v) is 2.12. The van der Waals surface area contributed by atoms with E-state index in [4.69, 9.17) is 16.3 Å². The Balaban J connectivity index is 1.59. The lowest BCUT2D eigenvalue weighted by atomic mass is 10.2. The second-order valence-electron chi connectivity index (χ2n) is 5.16. The molecule has 0 radical (unpaired) electrons. The van der Waals surface area contributed by atoms with Crippen LogP contribution in [0, 0.1) is 5.82 Å². The van der Waals surface area contributed by atoms with Crippen molar-refractivity contribution in [3.63, 3.8) is 0 Å². The number of nitrogens with one attached hydrogen (secondary N) is 1. The van der Waals surface area contributed by atoms with Gasteiger partial charge in [0.2, 0.25) is 5.91 Å². The molecule has 0 saturated carbocycles. The molecule has 0 saturated heterocycles. The van der Waals surface area contributed by atoms with Gasteiger partial charge in [0, 0.05) is 23.2 Å². The largest absolute Gasteiger partial charge is 0.494 e. The first-order valence-corrected chi connectivity index (χ1v) is 8.12. The first-order chi connectivity index (χ1) is 11.6. The topological polar surface area (TPSA) is 38.3 Å². The highest BCUT2D eigenvalue weighted by atomic mass is 35.5. The summed E-state index contributed by atoms with van der Waals surface area (Å²) in [5.41, 5.74) is 0.393. The lowest BCUT2D eigenvalue weighted by Gasteiger charge is -2.06. The lowest BCUT2D eigenvalue weighted by Crippen LogP contribution is -2.22. The SMILES string of the molecule is O=C(/C=C/c1ccccc1F)NCCCCOc1ccc(Cl)cc1. The van der Waals surface area contributed by atoms with Crippen LogP contribution in [-0.2, 0) is 4.79 Å². The van der Waals surface area contributed by atoms with Crippen LogP contribution >= 0.6 is 11.6 Å². The molecule has 2 rings (SSSR count). The molecule has 0 unspecified atom stereocenters. The van der Waals surface area contributed by atoms with Crippen molar-refractivity contribution in [2.24, 2.45) is 0 Å². The Morgan fingerprint density at radius 2 is 1.88 bits per heavy atom. The van der Waals surface area contributed by atoms with Gasteiger partial charge in [0.1, 0.15) is 11.6 Å². The van der Waals surface area contributed by atoms with Gasteiger partial charge in [0.25, 0.3) is 0 Å². The van der Waals surface area contributed by atoms with Gasteiger partial charge < -0.3 is 10.1 Å². The molecule has 2 aromatic rings. The van der Waals surface area contributed by atoms with Crippen LogP contribution in [0.1, 0.15) is 18.4 Å². The highest BCUT2D eigenvalue weighted by Gasteiger charge is 1.99. The number of carbonyl (C=O) groups is 1. The van der Waals surface area contributed by atoms with Crippen molar-refractivity contribution in [1.82, 2.24) is 5.32 Å². The minimum atomic E-state index is -0.346. The molecule has 126 valence electrons. The molecule has 3 nitrogen and oxygen atoms in total. The number of unbranched alkanes of at least 4 members (excludes halogenated alkanes) is 1. The highest BCUT2D eigenvalue weighted by Crippen LogP contribution is 2.15. The summed E-state index contributed by atoms with van der Waals surface area (Å²) in [6, 6.07) is 13.5. The smallest absolute Gasteiger partial charge is 0.244 e. The summed E-state index contributed by atoms with van der Waals surface area (Å²) < 4.78 is 18.9. The monoisotopic (exact) mass is 347 g/mol. The number of benzene rings is 2. The van der Waals surface area contributed by atoms with E-state index in [2.05, 4.69) is 5.32 Å². The molecule has 5 heteroatoms. The summed E-state index contributed by atoms with van der Waals surface area (Å²) in [5.74, 6) is 0.189. The Kier molecular flexibility index (Phi) is 7.30. The minimum absolute atomic E-state index is 0.239. The molecule has 0 aliphatic carbocycles. The van der Waals surface area contributed by atoms with Crippen LogP contribution < -0.4 is 10.1 Å². The quantitative estimate of drug-likeness (QED) is 0.565. The second-order valence-corrected chi connectivity index (χ2v) is 5.59. The molecule has 0 aromatic heterocycles. The third kappa shape index (κ3) is 6.42. The van der Waals surface area contributed by atoms with Crippen LogP contribution in [0.2, 0.25) is 5.02 Å². The van der Waals surface area contributed by atoms with E-state index < -0.39 is 0 Å². The number of halogens is 2. The molecule has 2 aromatic carbocycles. The first-order valence-electron chi connectivity index (χ1n) is 7.74. The average Bonchev–Trinajstić information content (AvgIpc) is 2.59. The molecule has 0 atom stereocenters. The molecule has 0 spiro atoms. The van der Waals surface area contributed by atoms with Crippen LogP contribution in [0.15, 0.2) is 54.6 Å². The zero-order chi connectivity index (χ0) is 17.2. The summed E-state index contributed by atoms with van der Waals surface area (Å²) in [5, 5.41) is 3.43. The van der Waals surface area contributed by atoms with Gasteiger partial charge in [-0.25, -0.2) is 4.39 Å². The van der Waals surface area contributed by atoms with E-state index in [1.165, 1.54) is 18.2 Å². The predicted molar refractivity (Wildman–Crippen MR) is 94.6 cm³/mol. The number of rotatable bonds is 8. The van der Waals surface area contributed by atoms with Gasteiger partial charge in [-0.05, 0) is 49.2 Å². The molecular weight excluding hydrogens is 329 g/mol. The van der Waals surface area contributed by atoms with Crippen LogP contribution in [0.25, 0.3) is 6.08 Å². The summed E-state index contributed by atoms with van der Waals surface area (Å²) >= 11 is 5.80. The summed E-state index contributed by atoms with van der Waals surface area (Å²) in [6.07, 6.45) is 4.42. The van der Waals surface area contributed by atoms with Gasteiger partial charge in [0.05, 0.1) is 6.61 Å². The summed E-state index contributed by atoms with van der Waals surface area (Å²) in [4.78, 5) is 11.6. The van der Waals surface area contributed by atoms with E-state index in [1.54, 1.807) is 30.3 Å². The number of amides is 1. The van der Waals surface area contributed by atoms with Gasteiger partial charge in [0.15, 0.2) is 0 Å². The molecule has 1 amide bonds. The zero-order valence-electron chi connectivity index (χ0n) is 13.2. The zero-order valence-corrected chi connectivity index (χ0v) is 13.9. The third-order valence-corrected chi connectivity index (χ3v) is 3.52. The molecule has 0 fully saturated rings. The van der Waals surface area contributed by atoms with Crippen molar-refractivity contribution >= 4 is 23.6 Å². The predicted octanol–water partition coefficient (Wildman–Crippen LogP) is 4.47. The minimum Gasteiger partial charge on any atom is -0.494 e. The van der Waals surface area contributed by atoms with E-state index in [-0.39, 0.29) is 11.7 Å². The maximum absolute atomic E-state index is 13.4. The molecule has 24 heavy (non-hydrogen) atoms. The fourth-order valence-electron chi connectivity index (χ4n) is 1.99. The lowest BCUT2D eigenvalue weighted by molar-refractivity contribution is -0.116. The molecule has 0 aliphatic heterocycles. The second kappa shape index (κ2) is 9.73. The number of ether oxygens (including phenoxy) is 1. The average molecular weight is 348 g/mol. The van der Waals surface area contributed by atoms with Gasteiger partial charge in [-0.3, -0.25) is 4.79 Å². The van der Waals surface area contributed by atoms with Crippen LogP contribution in [-0.4, -0.2) is 19.1 Å². The van der Waals surface area contributed by atoms with E-state index >= 15 is 0 Å². The Labute approximate surface area is 146 Å². The maximum atomic E-state index is 13.4. The number of hydrogen-bond donors (Lipinski definition) is 1. The van der Waals surface area contributed by atoms with Crippen molar-refractivity contribution in [1.29, 1.82) is 0 Å². The van der Waals surface area contributed by atoms with E-state index in [9.17, 15) is 9.18 Å². The molecular formula is C19H19ClFNO2. The Hall–Kier alpha value is -2.33. The standard InChI is InChI=1S/C19H19ClFNO2/c20-16-8-10-17(11-9-16)24-14-4-3-13-22-19(23)12-7-15-5-1-2-6-18(15)21/h1-2,5-12H,3-4,13-14H2,(H,22,23)/b12-7+. The Morgan fingerprint density at radius 3 is 2.62 bits per heavy atom. The van der Waals surface area contributed by atoms with E-state index in [1.807, 2.05) is 12.1 Å². The molecule has 0 bridgehead atoms. The van der Waals surface area contributed by atoms with Crippen molar-refractivity contribution in [3.8, 4) is 5.75 Å². The summed E-state index contributed by atoms with van der Waals surface area (Å²) in [6.45, 7) is 1.12. The Bertz CT molecular complexity index is 686. The molecule has 1 N–H and O–H groups in total. The van der Waals surface area contributed by atoms with Crippen molar-refractivity contribution in [2.45, 2.75) is 12.8 Å². The third-order valence-electron chi connectivity index (χ3n) is 3.27. The van der Waals surface area contributed by atoms with Crippen molar-refractivity contribution in [2.75, 3.05) is 13.2 Å².